The van der Waals surface area contributed by atoms with Crippen LogP contribution in [0.1, 0.15) is 54.2 Å². The predicted octanol–water partition coefficient (Wildman–Crippen LogP) is 4.46. The van der Waals surface area contributed by atoms with E-state index in [1.54, 1.807) is 0 Å². The molecule has 2 aromatic carbocycles. The van der Waals surface area contributed by atoms with Gasteiger partial charge in [0.2, 0.25) is 0 Å². The first-order valence-corrected chi connectivity index (χ1v) is 8.62. The summed E-state index contributed by atoms with van der Waals surface area (Å²) in [7, 11) is 0. The molecule has 0 saturated carbocycles. The molecule has 0 aliphatic carbocycles. The number of aryl methyl sites for hydroxylation is 2. The Labute approximate surface area is 150 Å². The van der Waals surface area contributed by atoms with Crippen molar-refractivity contribution in [3.8, 4) is 11.5 Å². The van der Waals surface area contributed by atoms with Gasteiger partial charge in [-0.1, -0.05) is 32.9 Å². The molecule has 136 valence electrons. The van der Waals surface area contributed by atoms with E-state index in [2.05, 4.69) is 20.8 Å². The molecule has 0 spiro atoms. The second-order valence-electron chi connectivity index (χ2n) is 7.61. The molecule has 0 bridgehead atoms. The van der Waals surface area contributed by atoms with Crippen LogP contribution < -0.4 is 11.5 Å². The third-order valence-electron chi connectivity index (χ3n) is 5.87. The summed E-state index contributed by atoms with van der Waals surface area (Å²) in [6.07, 6.45) is 0. The van der Waals surface area contributed by atoms with Crippen molar-refractivity contribution < 1.29 is 10.2 Å². The van der Waals surface area contributed by atoms with Crippen LogP contribution in [0.5, 0.6) is 11.5 Å². The van der Waals surface area contributed by atoms with E-state index in [4.69, 9.17) is 11.5 Å². The lowest BCUT2D eigenvalue weighted by Crippen LogP contribution is -2.32. The molecule has 2 rings (SSSR count). The molecule has 0 saturated heterocycles. The molecule has 0 heterocycles. The molecule has 0 atom stereocenters. The third-order valence-corrected chi connectivity index (χ3v) is 5.87. The van der Waals surface area contributed by atoms with Gasteiger partial charge in [-0.25, -0.2) is 0 Å². The Balaban J connectivity index is 2.92. The van der Waals surface area contributed by atoms with E-state index >= 15 is 0 Å². The summed E-state index contributed by atoms with van der Waals surface area (Å²) in [5.41, 5.74) is 18.2. The molecule has 4 nitrogen and oxygen atoms in total. The number of aromatic hydroxyl groups is 2. The SMILES string of the molecule is Cc1cc(C(C)(c2cc(C)c(O)c(N)c2C)C(C)C)c(C)c(N)c1O. The zero-order valence-corrected chi connectivity index (χ0v) is 16.3. The maximum Gasteiger partial charge on any atom is 0.141 e. The van der Waals surface area contributed by atoms with Crippen molar-refractivity contribution in [3.05, 3.63) is 45.5 Å². The highest BCUT2D eigenvalue weighted by molar-refractivity contribution is 5.69. The highest BCUT2D eigenvalue weighted by Crippen LogP contribution is 2.47. The fraction of sp³-hybridized carbons (Fsp3) is 0.429. The van der Waals surface area contributed by atoms with Crippen molar-refractivity contribution in [2.24, 2.45) is 5.92 Å². The first kappa shape index (κ1) is 19.0. The van der Waals surface area contributed by atoms with Crippen molar-refractivity contribution in [1.82, 2.24) is 0 Å². The summed E-state index contributed by atoms with van der Waals surface area (Å²) in [4.78, 5) is 0. The van der Waals surface area contributed by atoms with Crippen molar-refractivity contribution >= 4 is 11.4 Å². The van der Waals surface area contributed by atoms with Crippen molar-refractivity contribution in [2.75, 3.05) is 11.5 Å². The van der Waals surface area contributed by atoms with Gasteiger partial charge in [0.1, 0.15) is 11.5 Å². The molecule has 0 radical (unpaired) electrons. The van der Waals surface area contributed by atoms with Gasteiger partial charge in [0.15, 0.2) is 0 Å². The van der Waals surface area contributed by atoms with Gasteiger partial charge >= 0.3 is 0 Å². The second kappa shape index (κ2) is 6.17. The van der Waals surface area contributed by atoms with Gasteiger partial charge < -0.3 is 21.7 Å². The Bertz CT molecular complexity index is 775. The molecule has 0 aromatic heterocycles. The van der Waals surface area contributed by atoms with Crippen LogP contribution in [0.4, 0.5) is 11.4 Å². The largest absolute Gasteiger partial charge is 0.506 e. The minimum absolute atomic E-state index is 0.144. The smallest absolute Gasteiger partial charge is 0.141 e. The van der Waals surface area contributed by atoms with Gasteiger partial charge in [-0.3, -0.25) is 0 Å². The Kier molecular flexibility index (Phi) is 4.69. The average Bonchev–Trinajstić information content (AvgIpc) is 2.56. The second-order valence-corrected chi connectivity index (χ2v) is 7.61. The topological polar surface area (TPSA) is 92.5 Å². The van der Waals surface area contributed by atoms with Gasteiger partial charge in [-0.2, -0.15) is 0 Å². The Morgan fingerprint density at radius 1 is 0.800 bits per heavy atom. The van der Waals surface area contributed by atoms with Crippen LogP contribution in [-0.4, -0.2) is 10.2 Å². The van der Waals surface area contributed by atoms with Crippen LogP contribution >= 0.6 is 0 Å². The molecule has 0 unspecified atom stereocenters. The van der Waals surface area contributed by atoms with Crippen molar-refractivity contribution in [1.29, 1.82) is 0 Å². The lowest BCUT2D eigenvalue weighted by atomic mass is 9.65. The van der Waals surface area contributed by atoms with E-state index in [1.165, 1.54) is 0 Å². The first-order valence-electron chi connectivity index (χ1n) is 8.62. The van der Waals surface area contributed by atoms with Crippen LogP contribution in [0.25, 0.3) is 0 Å². The van der Waals surface area contributed by atoms with E-state index < -0.39 is 0 Å². The number of benzene rings is 2. The number of nitrogen functional groups attached to an aromatic ring is 2. The highest BCUT2D eigenvalue weighted by atomic mass is 16.3. The summed E-state index contributed by atoms with van der Waals surface area (Å²) in [5.74, 6) is 0.535. The number of anilines is 2. The Hall–Kier alpha value is -2.36. The molecular weight excluding hydrogens is 312 g/mol. The fourth-order valence-corrected chi connectivity index (χ4v) is 3.70. The van der Waals surface area contributed by atoms with E-state index in [0.29, 0.717) is 11.4 Å². The van der Waals surface area contributed by atoms with Crippen LogP contribution in [0.2, 0.25) is 0 Å². The minimum Gasteiger partial charge on any atom is -0.506 e. The minimum atomic E-state index is -0.368. The quantitative estimate of drug-likeness (QED) is 0.489. The maximum absolute atomic E-state index is 10.2. The Morgan fingerprint density at radius 2 is 1.12 bits per heavy atom. The average molecular weight is 342 g/mol. The maximum atomic E-state index is 10.2. The molecule has 0 fully saturated rings. The Morgan fingerprint density at radius 3 is 1.40 bits per heavy atom. The fourth-order valence-electron chi connectivity index (χ4n) is 3.70. The molecule has 2 aromatic rings. The zero-order valence-electron chi connectivity index (χ0n) is 16.3. The predicted molar refractivity (Wildman–Crippen MR) is 105 cm³/mol. The van der Waals surface area contributed by atoms with Gasteiger partial charge in [-0.05, 0) is 67.0 Å². The van der Waals surface area contributed by atoms with E-state index in [-0.39, 0.29) is 22.8 Å². The van der Waals surface area contributed by atoms with Gasteiger partial charge in [0.05, 0.1) is 11.4 Å². The summed E-state index contributed by atoms with van der Waals surface area (Å²) < 4.78 is 0. The van der Waals surface area contributed by atoms with Crippen LogP contribution in [0.15, 0.2) is 12.1 Å². The van der Waals surface area contributed by atoms with E-state index in [0.717, 1.165) is 33.4 Å². The van der Waals surface area contributed by atoms with E-state index in [9.17, 15) is 10.2 Å². The van der Waals surface area contributed by atoms with Crippen LogP contribution in [0, 0.1) is 33.6 Å². The molecule has 0 amide bonds. The van der Waals surface area contributed by atoms with Gasteiger partial charge in [0.25, 0.3) is 0 Å². The summed E-state index contributed by atoms with van der Waals surface area (Å²) >= 11 is 0. The summed E-state index contributed by atoms with van der Waals surface area (Å²) in [6, 6.07) is 4.03. The van der Waals surface area contributed by atoms with Crippen molar-refractivity contribution in [2.45, 2.75) is 53.9 Å². The number of hydrogen-bond acceptors (Lipinski definition) is 4. The molecule has 4 heteroatoms. The molecule has 0 aliphatic heterocycles. The number of rotatable bonds is 3. The number of phenolic OH excluding ortho intramolecular Hbond substituents is 2. The lowest BCUT2D eigenvalue weighted by molar-refractivity contribution is 0.399. The number of phenols is 2. The zero-order chi connectivity index (χ0) is 19.3. The molecular formula is C21H30N2O2. The monoisotopic (exact) mass is 342 g/mol. The normalized spacial score (nSPS) is 12.0. The first-order chi connectivity index (χ1) is 11.4. The molecule has 25 heavy (non-hydrogen) atoms. The molecule has 0 aliphatic rings. The number of nitrogens with two attached hydrogens (primary N) is 2. The van der Waals surface area contributed by atoms with Crippen LogP contribution in [0.3, 0.4) is 0 Å². The third kappa shape index (κ3) is 2.70. The molecule has 6 N–H and O–H groups in total. The van der Waals surface area contributed by atoms with E-state index in [1.807, 2.05) is 39.8 Å². The van der Waals surface area contributed by atoms with Gasteiger partial charge in [0, 0.05) is 5.41 Å². The van der Waals surface area contributed by atoms with Crippen LogP contribution in [-0.2, 0) is 5.41 Å². The lowest BCUT2D eigenvalue weighted by Gasteiger charge is -2.39. The standard InChI is InChI=1S/C21H30N2O2/c1-10(2)21(7,15-8-11(3)19(24)17(22)13(15)5)16-9-12(4)20(25)18(23)14(16)6/h8-10,24-25H,22-23H2,1-7H3. The summed E-state index contributed by atoms with van der Waals surface area (Å²) in [6.45, 7) is 14.1. The van der Waals surface area contributed by atoms with Gasteiger partial charge in [-0.15, -0.1) is 0 Å². The summed E-state index contributed by atoms with van der Waals surface area (Å²) in [5, 5.41) is 20.4. The highest BCUT2D eigenvalue weighted by Gasteiger charge is 2.37. The van der Waals surface area contributed by atoms with Crippen molar-refractivity contribution in [3.63, 3.8) is 0 Å². The number of hydrogen-bond donors (Lipinski definition) is 4.